The summed E-state index contributed by atoms with van der Waals surface area (Å²) in [6.07, 6.45) is 0.709. The molecule has 1 aliphatic rings. The molecule has 1 heterocycles. The molecular weight excluding hydrogens is 360 g/mol. The van der Waals surface area contributed by atoms with E-state index in [-0.39, 0.29) is 17.3 Å². The van der Waals surface area contributed by atoms with Crippen LogP contribution in [0.1, 0.15) is 11.1 Å². The Morgan fingerprint density at radius 3 is 2.52 bits per heavy atom. The molecule has 3 aromatic carbocycles. The van der Waals surface area contributed by atoms with E-state index >= 15 is 0 Å². The lowest BCUT2D eigenvalue weighted by Gasteiger charge is -2.18. The summed E-state index contributed by atoms with van der Waals surface area (Å²) < 4.78 is 27.0. The van der Waals surface area contributed by atoms with Crippen molar-refractivity contribution in [3.05, 3.63) is 71.8 Å². The molecule has 0 aliphatic carbocycles. The Kier molecular flexibility index (Phi) is 4.36. The fourth-order valence-corrected chi connectivity index (χ4v) is 5.21. The number of carbonyl (C=O) groups excluding carboxylic acids is 1. The van der Waals surface area contributed by atoms with Gasteiger partial charge in [0.15, 0.2) is 0 Å². The summed E-state index contributed by atoms with van der Waals surface area (Å²) in [4.78, 5) is 12.7. The van der Waals surface area contributed by atoms with Crippen molar-refractivity contribution in [2.45, 2.75) is 18.2 Å². The predicted molar refractivity (Wildman–Crippen MR) is 106 cm³/mol. The molecule has 0 aromatic heterocycles. The van der Waals surface area contributed by atoms with Crippen LogP contribution in [-0.4, -0.2) is 27.4 Å². The number of nitrogens with zero attached hydrogens (tertiary/aromatic N) is 1. The van der Waals surface area contributed by atoms with Gasteiger partial charge in [-0.3, -0.25) is 9.10 Å². The summed E-state index contributed by atoms with van der Waals surface area (Å²) in [5.74, 6) is -0.308. The van der Waals surface area contributed by atoms with Gasteiger partial charge in [-0.15, -0.1) is 0 Å². The van der Waals surface area contributed by atoms with E-state index in [0.29, 0.717) is 24.0 Å². The van der Waals surface area contributed by atoms with Gasteiger partial charge in [0.25, 0.3) is 10.0 Å². The second-order valence-electron chi connectivity index (χ2n) is 6.67. The maximum absolute atomic E-state index is 12.9. The Morgan fingerprint density at radius 2 is 1.74 bits per heavy atom. The highest BCUT2D eigenvalue weighted by Crippen LogP contribution is 2.41. The Balaban J connectivity index is 1.49. The number of amides is 1. The molecule has 0 spiro atoms. The highest BCUT2D eigenvalue weighted by Gasteiger charge is 2.36. The van der Waals surface area contributed by atoms with Crippen molar-refractivity contribution in [1.82, 2.24) is 5.32 Å². The highest BCUT2D eigenvalue weighted by atomic mass is 32.2. The Hall–Kier alpha value is -2.86. The smallest absolute Gasteiger partial charge is 0.265 e. The van der Waals surface area contributed by atoms with Crippen LogP contribution in [0.3, 0.4) is 0 Å². The molecule has 4 rings (SSSR count). The van der Waals surface area contributed by atoms with Gasteiger partial charge in [-0.2, -0.15) is 0 Å². The van der Waals surface area contributed by atoms with Crippen LogP contribution in [0.4, 0.5) is 5.69 Å². The number of hydrogen-bond acceptors (Lipinski definition) is 3. The van der Waals surface area contributed by atoms with Crippen molar-refractivity contribution < 1.29 is 13.2 Å². The lowest BCUT2D eigenvalue weighted by Crippen LogP contribution is -2.39. The first kappa shape index (κ1) is 17.5. The molecule has 0 fully saturated rings. The van der Waals surface area contributed by atoms with E-state index in [0.717, 1.165) is 5.39 Å². The summed E-state index contributed by atoms with van der Waals surface area (Å²) in [6.45, 7) is 2.28. The third-order valence-electron chi connectivity index (χ3n) is 4.95. The van der Waals surface area contributed by atoms with Crippen LogP contribution < -0.4 is 9.62 Å². The molecular formula is C21H20N2O3S. The maximum atomic E-state index is 12.9. The maximum Gasteiger partial charge on any atom is 0.265 e. The van der Waals surface area contributed by atoms with Crippen molar-refractivity contribution in [3.63, 3.8) is 0 Å². The molecule has 0 saturated heterocycles. The first-order valence-corrected chi connectivity index (χ1v) is 10.3. The van der Waals surface area contributed by atoms with Gasteiger partial charge in [0.2, 0.25) is 5.91 Å². The lowest BCUT2D eigenvalue weighted by molar-refractivity contribution is -0.119. The van der Waals surface area contributed by atoms with Gasteiger partial charge >= 0.3 is 0 Å². The van der Waals surface area contributed by atoms with Crippen molar-refractivity contribution in [2.24, 2.45) is 0 Å². The van der Waals surface area contributed by atoms with E-state index < -0.39 is 10.0 Å². The van der Waals surface area contributed by atoms with Crippen LogP contribution in [0.2, 0.25) is 0 Å². The zero-order chi connectivity index (χ0) is 19.0. The van der Waals surface area contributed by atoms with E-state index in [2.05, 4.69) is 5.32 Å². The quantitative estimate of drug-likeness (QED) is 0.740. The zero-order valence-electron chi connectivity index (χ0n) is 15.0. The summed E-state index contributed by atoms with van der Waals surface area (Å²) in [7, 11) is -3.70. The zero-order valence-corrected chi connectivity index (χ0v) is 15.8. The molecule has 5 nitrogen and oxygen atoms in total. The minimum Gasteiger partial charge on any atom is -0.354 e. The average Bonchev–Trinajstić information content (AvgIpc) is 2.87. The van der Waals surface area contributed by atoms with Crippen LogP contribution in [0.5, 0.6) is 0 Å². The minimum absolute atomic E-state index is 0.218. The molecule has 1 amide bonds. The van der Waals surface area contributed by atoms with E-state index in [1.54, 1.807) is 18.2 Å². The summed E-state index contributed by atoms with van der Waals surface area (Å²) in [5.41, 5.74) is 2.91. The molecule has 0 bridgehead atoms. The number of rotatable bonds is 5. The number of nitrogens with one attached hydrogen (secondary N) is 1. The Morgan fingerprint density at radius 1 is 1.00 bits per heavy atom. The highest BCUT2D eigenvalue weighted by molar-refractivity contribution is 7.93. The Labute approximate surface area is 158 Å². The third kappa shape index (κ3) is 3.06. The topological polar surface area (TPSA) is 66.5 Å². The van der Waals surface area contributed by atoms with E-state index in [1.165, 1.54) is 15.4 Å². The molecule has 1 N–H and O–H groups in total. The third-order valence-corrected chi connectivity index (χ3v) is 6.75. The van der Waals surface area contributed by atoms with Crippen molar-refractivity contribution >= 4 is 32.4 Å². The Bertz CT molecular complexity index is 1130. The first-order chi connectivity index (χ1) is 13.0. The lowest BCUT2D eigenvalue weighted by atomic mass is 10.1. The van der Waals surface area contributed by atoms with Crippen LogP contribution >= 0.6 is 0 Å². The van der Waals surface area contributed by atoms with Crippen LogP contribution in [-0.2, 0) is 21.2 Å². The standard InChI is InChI=1S/C21H20N2O3S/c1-15-6-2-3-7-16(15)12-13-22-20(24)14-23-18-10-4-8-17-9-5-11-19(21(17)18)27(23,25)26/h2-11H,12-14H2,1H3,(H,22,24). The normalized spacial score (nSPS) is 14.5. The van der Waals surface area contributed by atoms with Crippen molar-refractivity contribution in [1.29, 1.82) is 0 Å². The molecule has 6 heteroatoms. The fraction of sp³-hybridized carbons (Fsp3) is 0.190. The molecule has 1 aliphatic heterocycles. The van der Waals surface area contributed by atoms with Gasteiger partial charge in [0.05, 0.1) is 10.6 Å². The van der Waals surface area contributed by atoms with Gasteiger partial charge < -0.3 is 5.32 Å². The van der Waals surface area contributed by atoms with Gasteiger partial charge in [-0.25, -0.2) is 8.42 Å². The van der Waals surface area contributed by atoms with Gasteiger partial charge in [-0.1, -0.05) is 48.5 Å². The number of carbonyl (C=O) groups is 1. The van der Waals surface area contributed by atoms with Crippen molar-refractivity contribution in [2.75, 3.05) is 17.4 Å². The molecule has 0 atom stereocenters. The molecule has 0 radical (unpaired) electrons. The predicted octanol–water partition coefficient (Wildman–Crippen LogP) is 3.02. The van der Waals surface area contributed by atoms with Gasteiger partial charge in [0, 0.05) is 11.9 Å². The van der Waals surface area contributed by atoms with Crippen LogP contribution in [0.15, 0.2) is 65.6 Å². The van der Waals surface area contributed by atoms with E-state index in [9.17, 15) is 13.2 Å². The van der Waals surface area contributed by atoms with E-state index in [4.69, 9.17) is 0 Å². The largest absolute Gasteiger partial charge is 0.354 e. The number of hydrogen-bond donors (Lipinski definition) is 1. The summed E-state index contributed by atoms with van der Waals surface area (Å²) in [6, 6.07) is 18.7. The molecule has 0 unspecified atom stereocenters. The second kappa shape index (κ2) is 6.70. The molecule has 0 saturated carbocycles. The van der Waals surface area contributed by atoms with Crippen LogP contribution in [0, 0.1) is 6.92 Å². The second-order valence-corrected chi connectivity index (χ2v) is 8.50. The monoisotopic (exact) mass is 380 g/mol. The van der Waals surface area contributed by atoms with Crippen LogP contribution in [0.25, 0.3) is 10.8 Å². The molecule has 3 aromatic rings. The van der Waals surface area contributed by atoms with Gasteiger partial charge in [0.1, 0.15) is 6.54 Å². The number of benzene rings is 3. The first-order valence-electron chi connectivity index (χ1n) is 8.84. The molecule has 138 valence electrons. The SMILES string of the molecule is Cc1ccccc1CCNC(=O)CN1c2cccc3cccc(c23)S1(=O)=O. The number of anilines is 1. The molecule has 27 heavy (non-hydrogen) atoms. The number of sulfonamides is 1. The average molecular weight is 380 g/mol. The summed E-state index contributed by atoms with van der Waals surface area (Å²) in [5, 5.41) is 4.38. The van der Waals surface area contributed by atoms with Gasteiger partial charge in [-0.05, 0) is 42.0 Å². The minimum atomic E-state index is -3.70. The van der Waals surface area contributed by atoms with E-state index in [1.807, 2.05) is 49.4 Å². The number of aryl methyl sites for hydroxylation is 1. The summed E-state index contributed by atoms with van der Waals surface area (Å²) >= 11 is 0. The fourth-order valence-electron chi connectivity index (χ4n) is 3.54. The van der Waals surface area contributed by atoms with Crippen molar-refractivity contribution in [3.8, 4) is 0 Å².